The summed E-state index contributed by atoms with van der Waals surface area (Å²) in [6.45, 7) is 0. The minimum absolute atomic E-state index is 0.0713. The van der Waals surface area contributed by atoms with Crippen LogP contribution in [0.5, 0.6) is 11.5 Å². The zero-order valence-electron chi connectivity index (χ0n) is 8.99. The fourth-order valence-corrected chi connectivity index (χ4v) is 1.61. The van der Waals surface area contributed by atoms with Gasteiger partial charge < -0.3 is 4.74 Å². The Hall–Kier alpha value is -1.94. The molecule has 2 aromatic rings. The summed E-state index contributed by atoms with van der Waals surface area (Å²) in [5, 5.41) is 0.180. The number of rotatable bonds is 3. The topological polar surface area (TPSA) is 26.3 Å². The van der Waals surface area contributed by atoms with Gasteiger partial charge in [-0.2, -0.15) is 4.39 Å². The van der Waals surface area contributed by atoms with Crippen LogP contribution >= 0.6 is 11.6 Å². The largest absolute Gasteiger partial charge is 0.453 e. The molecule has 0 aromatic heterocycles. The number of carbonyl (C=O) groups is 1. The predicted molar refractivity (Wildman–Crippen MR) is 63.3 cm³/mol. The molecule has 5 heteroatoms. The van der Waals surface area contributed by atoms with Crippen molar-refractivity contribution in [1.29, 1.82) is 0 Å². The Bertz CT molecular complexity index is 600. The molecule has 0 heterocycles. The number of aldehydes is 1. The van der Waals surface area contributed by atoms with Crippen LogP contribution in [0.3, 0.4) is 0 Å². The highest BCUT2D eigenvalue weighted by Crippen LogP contribution is 2.30. The second kappa shape index (κ2) is 5.14. The van der Waals surface area contributed by atoms with Crippen LogP contribution in [0, 0.1) is 11.6 Å². The maximum absolute atomic E-state index is 13.4. The molecule has 0 bridgehead atoms. The zero-order valence-corrected chi connectivity index (χ0v) is 9.75. The van der Waals surface area contributed by atoms with E-state index in [1.807, 2.05) is 0 Å². The molecule has 18 heavy (non-hydrogen) atoms. The Kier molecular flexibility index (Phi) is 3.58. The van der Waals surface area contributed by atoms with E-state index in [0.29, 0.717) is 6.29 Å². The molecule has 2 nitrogen and oxygen atoms in total. The van der Waals surface area contributed by atoms with Crippen molar-refractivity contribution in [2.24, 2.45) is 0 Å². The van der Waals surface area contributed by atoms with E-state index in [2.05, 4.69) is 0 Å². The maximum atomic E-state index is 13.4. The lowest BCUT2D eigenvalue weighted by Gasteiger charge is -2.09. The maximum Gasteiger partial charge on any atom is 0.201 e. The second-order valence-corrected chi connectivity index (χ2v) is 3.83. The molecule has 2 rings (SSSR count). The van der Waals surface area contributed by atoms with E-state index in [9.17, 15) is 13.6 Å². The van der Waals surface area contributed by atoms with Crippen molar-refractivity contribution in [3.05, 3.63) is 58.6 Å². The van der Waals surface area contributed by atoms with Gasteiger partial charge in [0.1, 0.15) is 5.75 Å². The van der Waals surface area contributed by atoms with Crippen molar-refractivity contribution in [1.82, 2.24) is 0 Å². The van der Waals surface area contributed by atoms with E-state index >= 15 is 0 Å². The lowest BCUT2D eigenvalue weighted by Crippen LogP contribution is -1.95. The summed E-state index contributed by atoms with van der Waals surface area (Å²) in [5.41, 5.74) is 0.0860. The molecule has 92 valence electrons. The van der Waals surface area contributed by atoms with Crippen molar-refractivity contribution in [2.75, 3.05) is 0 Å². The van der Waals surface area contributed by atoms with Gasteiger partial charge in [-0.05, 0) is 24.3 Å². The lowest BCUT2D eigenvalue weighted by molar-refractivity contribution is 0.112. The van der Waals surface area contributed by atoms with E-state index < -0.39 is 11.6 Å². The van der Waals surface area contributed by atoms with Gasteiger partial charge in [0, 0.05) is 0 Å². The molecule has 0 unspecified atom stereocenters. The second-order valence-electron chi connectivity index (χ2n) is 3.42. The Labute approximate surface area is 107 Å². The number of hydrogen-bond donors (Lipinski definition) is 0. The first kappa shape index (κ1) is 12.5. The third-order valence-corrected chi connectivity index (χ3v) is 2.60. The van der Waals surface area contributed by atoms with Crippen LogP contribution in [0.1, 0.15) is 10.4 Å². The van der Waals surface area contributed by atoms with E-state index in [-0.39, 0.29) is 22.1 Å². The first-order chi connectivity index (χ1) is 8.63. The summed E-state index contributed by atoms with van der Waals surface area (Å²) in [7, 11) is 0. The van der Waals surface area contributed by atoms with Crippen molar-refractivity contribution < 1.29 is 18.3 Å². The first-order valence-electron chi connectivity index (χ1n) is 4.99. The Morgan fingerprint density at radius 2 is 1.72 bits per heavy atom. The lowest BCUT2D eigenvalue weighted by atomic mass is 10.2. The minimum Gasteiger partial charge on any atom is -0.453 e. The Morgan fingerprint density at radius 1 is 1.06 bits per heavy atom. The molecule has 0 amide bonds. The van der Waals surface area contributed by atoms with Gasteiger partial charge in [-0.15, -0.1) is 0 Å². The number of halogens is 3. The third-order valence-electron chi connectivity index (χ3n) is 2.27. The fraction of sp³-hybridized carbons (Fsp3) is 0. The van der Waals surface area contributed by atoms with Crippen LogP contribution in [0.15, 0.2) is 36.4 Å². The van der Waals surface area contributed by atoms with Crippen molar-refractivity contribution in [2.45, 2.75) is 0 Å². The quantitative estimate of drug-likeness (QED) is 0.779. The average molecular weight is 269 g/mol. The van der Waals surface area contributed by atoms with Crippen LogP contribution < -0.4 is 4.74 Å². The molecule has 2 aromatic carbocycles. The summed E-state index contributed by atoms with van der Waals surface area (Å²) < 4.78 is 31.6. The van der Waals surface area contributed by atoms with Gasteiger partial charge in [-0.25, -0.2) is 4.39 Å². The van der Waals surface area contributed by atoms with E-state index in [1.165, 1.54) is 24.3 Å². The summed E-state index contributed by atoms with van der Waals surface area (Å²) >= 11 is 5.79. The molecule has 0 N–H and O–H groups in total. The van der Waals surface area contributed by atoms with Crippen LogP contribution in [0.4, 0.5) is 8.78 Å². The standard InChI is InChI=1S/C13H7ClF2O2/c14-9-3-1-5-11(8(9)7-17)18-12-6-2-4-10(15)13(12)16/h1-7H. The highest BCUT2D eigenvalue weighted by molar-refractivity contribution is 6.33. The van der Waals surface area contributed by atoms with Gasteiger partial charge in [0.2, 0.25) is 5.82 Å². The summed E-state index contributed by atoms with van der Waals surface area (Å²) in [4.78, 5) is 10.9. The minimum atomic E-state index is -1.12. The molecule has 0 saturated carbocycles. The molecule has 0 aliphatic heterocycles. The predicted octanol–water partition coefficient (Wildman–Crippen LogP) is 4.22. The highest BCUT2D eigenvalue weighted by Gasteiger charge is 2.13. The summed E-state index contributed by atoms with van der Waals surface area (Å²) in [6, 6.07) is 8.02. The van der Waals surface area contributed by atoms with Gasteiger partial charge in [-0.1, -0.05) is 23.7 Å². The van der Waals surface area contributed by atoms with Gasteiger partial charge in [0.25, 0.3) is 0 Å². The summed E-state index contributed by atoms with van der Waals surface area (Å²) in [5.74, 6) is -2.38. The smallest absolute Gasteiger partial charge is 0.201 e. The third kappa shape index (κ3) is 2.33. The van der Waals surface area contributed by atoms with Crippen LogP contribution in [-0.2, 0) is 0 Å². The van der Waals surface area contributed by atoms with Gasteiger partial charge in [0.05, 0.1) is 10.6 Å². The van der Waals surface area contributed by atoms with E-state index in [0.717, 1.165) is 6.07 Å². The number of carbonyl (C=O) groups excluding carboxylic acids is 1. The number of benzene rings is 2. The molecule has 0 atom stereocenters. The van der Waals surface area contributed by atoms with Crippen molar-refractivity contribution in [3.8, 4) is 11.5 Å². The van der Waals surface area contributed by atoms with Gasteiger partial charge >= 0.3 is 0 Å². The SMILES string of the molecule is O=Cc1c(Cl)cccc1Oc1cccc(F)c1F. The van der Waals surface area contributed by atoms with Gasteiger partial charge in [0.15, 0.2) is 17.9 Å². The van der Waals surface area contributed by atoms with Crippen LogP contribution in [0.2, 0.25) is 5.02 Å². The number of hydrogen-bond acceptors (Lipinski definition) is 2. The first-order valence-corrected chi connectivity index (χ1v) is 5.37. The van der Waals surface area contributed by atoms with Crippen molar-refractivity contribution >= 4 is 17.9 Å². The molecule has 0 aliphatic rings. The van der Waals surface area contributed by atoms with E-state index in [4.69, 9.17) is 16.3 Å². The molecule has 0 aliphatic carbocycles. The van der Waals surface area contributed by atoms with E-state index in [1.54, 1.807) is 6.07 Å². The summed E-state index contributed by atoms with van der Waals surface area (Å²) in [6.07, 6.45) is 0.495. The molecule has 0 fully saturated rings. The van der Waals surface area contributed by atoms with Gasteiger partial charge in [-0.3, -0.25) is 4.79 Å². The highest BCUT2D eigenvalue weighted by atomic mass is 35.5. The number of ether oxygens (including phenoxy) is 1. The fourth-order valence-electron chi connectivity index (χ4n) is 1.40. The normalized spacial score (nSPS) is 10.2. The molecule has 0 radical (unpaired) electrons. The zero-order chi connectivity index (χ0) is 13.1. The monoisotopic (exact) mass is 268 g/mol. The molecule has 0 spiro atoms. The Balaban J connectivity index is 2.43. The van der Waals surface area contributed by atoms with Crippen LogP contribution in [0.25, 0.3) is 0 Å². The molecular formula is C13H7ClF2O2. The van der Waals surface area contributed by atoms with Crippen molar-refractivity contribution in [3.63, 3.8) is 0 Å². The molecule has 0 saturated heterocycles. The van der Waals surface area contributed by atoms with Crippen LogP contribution in [-0.4, -0.2) is 6.29 Å². The average Bonchev–Trinajstić information content (AvgIpc) is 2.35. The Morgan fingerprint density at radius 3 is 2.44 bits per heavy atom. The molecular weight excluding hydrogens is 262 g/mol.